The van der Waals surface area contributed by atoms with Crippen molar-refractivity contribution in [1.29, 1.82) is 0 Å². The van der Waals surface area contributed by atoms with Gasteiger partial charge in [0.25, 0.3) is 0 Å². The predicted molar refractivity (Wildman–Crippen MR) is 95.2 cm³/mol. The van der Waals surface area contributed by atoms with Gasteiger partial charge in [0, 0.05) is 39.1 Å². The van der Waals surface area contributed by atoms with E-state index in [-0.39, 0.29) is 43.8 Å². The highest BCUT2D eigenvalue weighted by Gasteiger charge is 2.36. The van der Waals surface area contributed by atoms with E-state index in [1.165, 1.54) is 0 Å². The third-order valence-corrected chi connectivity index (χ3v) is 5.65. The smallest absolute Gasteiger partial charge is 0.312 e. The van der Waals surface area contributed by atoms with Crippen molar-refractivity contribution in [2.75, 3.05) is 26.3 Å². The number of urea groups is 1. The zero-order valence-electron chi connectivity index (χ0n) is 15.8. The molecule has 2 unspecified atom stereocenters. The Labute approximate surface area is 158 Å². The second-order valence-electron chi connectivity index (χ2n) is 7.78. The molecule has 1 aliphatic heterocycles. The van der Waals surface area contributed by atoms with E-state index in [1.807, 2.05) is 0 Å². The molecule has 1 saturated carbocycles. The summed E-state index contributed by atoms with van der Waals surface area (Å²) in [6.45, 7) is 3.06. The van der Waals surface area contributed by atoms with E-state index in [0.29, 0.717) is 38.8 Å². The molecule has 2 aliphatic rings. The molecule has 156 valence electrons. The molecular weight excluding hydrogens is 360 g/mol. The standard InChI is InChI=1S/C18H31F2N3O4/c1-12(27-11-14-2-6-18(19,20)7-3-14)15(22-17(21)26)16(25)23-8-4-13(10-24)5-9-23/h12-15,24H,2-11H2,1H3,(H3,21,22,26). The van der Waals surface area contributed by atoms with Crippen LogP contribution < -0.4 is 11.1 Å². The number of nitrogens with one attached hydrogen (secondary N) is 1. The van der Waals surface area contributed by atoms with E-state index in [9.17, 15) is 23.5 Å². The summed E-state index contributed by atoms with van der Waals surface area (Å²) in [5.74, 6) is -2.64. The molecule has 9 heteroatoms. The van der Waals surface area contributed by atoms with Crippen molar-refractivity contribution in [3.05, 3.63) is 0 Å². The number of carbonyl (C=O) groups is 2. The van der Waals surface area contributed by atoms with Gasteiger partial charge in [-0.05, 0) is 44.4 Å². The van der Waals surface area contributed by atoms with E-state index in [4.69, 9.17) is 10.5 Å². The van der Waals surface area contributed by atoms with Gasteiger partial charge in [0.1, 0.15) is 6.04 Å². The molecule has 1 saturated heterocycles. The number of piperidine rings is 1. The first kappa shape index (κ1) is 21.8. The summed E-state index contributed by atoms with van der Waals surface area (Å²) in [6, 6.07) is -1.73. The summed E-state index contributed by atoms with van der Waals surface area (Å²) in [5, 5.41) is 11.7. The minimum absolute atomic E-state index is 0.0247. The number of hydrogen-bond donors (Lipinski definition) is 3. The molecule has 0 aromatic rings. The van der Waals surface area contributed by atoms with Gasteiger partial charge in [-0.2, -0.15) is 0 Å². The fourth-order valence-electron chi connectivity index (χ4n) is 3.72. The number of aliphatic hydroxyl groups excluding tert-OH is 1. The number of halogens is 2. The summed E-state index contributed by atoms with van der Waals surface area (Å²) in [4.78, 5) is 25.8. The second-order valence-corrected chi connectivity index (χ2v) is 7.78. The average Bonchev–Trinajstić information content (AvgIpc) is 2.64. The van der Waals surface area contributed by atoms with Crippen molar-refractivity contribution in [3.63, 3.8) is 0 Å². The van der Waals surface area contributed by atoms with Gasteiger partial charge < -0.3 is 25.8 Å². The maximum Gasteiger partial charge on any atom is 0.312 e. The van der Waals surface area contributed by atoms with Crippen molar-refractivity contribution in [1.82, 2.24) is 10.2 Å². The van der Waals surface area contributed by atoms with Crippen LogP contribution in [0.3, 0.4) is 0 Å². The number of alkyl halides is 2. The van der Waals surface area contributed by atoms with Crippen LogP contribution in [0.25, 0.3) is 0 Å². The summed E-state index contributed by atoms with van der Waals surface area (Å²) >= 11 is 0. The normalized spacial score (nSPS) is 23.6. The maximum atomic E-state index is 13.2. The highest BCUT2D eigenvalue weighted by atomic mass is 19.3. The summed E-state index contributed by atoms with van der Waals surface area (Å²) < 4.78 is 32.3. The molecule has 2 atom stereocenters. The molecule has 0 aromatic heterocycles. The van der Waals surface area contributed by atoms with E-state index < -0.39 is 24.1 Å². The van der Waals surface area contributed by atoms with Gasteiger partial charge in [0.05, 0.1) is 6.10 Å². The van der Waals surface area contributed by atoms with Gasteiger partial charge in [-0.3, -0.25) is 4.79 Å². The Bertz CT molecular complexity index is 503. The molecule has 1 heterocycles. The van der Waals surface area contributed by atoms with E-state index >= 15 is 0 Å². The predicted octanol–water partition coefficient (Wildman–Crippen LogP) is 1.48. The number of nitrogens with zero attached hydrogens (tertiary/aromatic N) is 1. The maximum absolute atomic E-state index is 13.2. The number of nitrogens with two attached hydrogens (primary N) is 1. The molecule has 2 rings (SSSR count). The van der Waals surface area contributed by atoms with Crippen LogP contribution in [0, 0.1) is 11.8 Å². The number of rotatable bonds is 7. The third kappa shape index (κ3) is 6.57. The molecule has 0 aromatic carbocycles. The van der Waals surface area contributed by atoms with Crippen LogP contribution in [0.2, 0.25) is 0 Å². The van der Waals surface area contributed by atoms with Crippen LogP contribution in [0.4, 0.5) is 13.6 Å². The zero-order chi connectivity index (χ0) is 20.0. The average molecular weight is 391 g/mol. The Morgan fingerprint density at radius 1 is 1.22 bits per heavy atom. The highest BCUT2D eigenvalue weighted by molar-refractivity contribution is 5.87. The topological polar surface area (TPSA) is 105 Å². The van der Waals surface area contributed by atoms with E-state index in [2.05, 4.69) is 5.32 Å². The van der Waals surface area contributed by atoms with Gasteiger partial charge in [-0.1, -0.05) is 0 Å². The molecule has 7 nitrogen and oxygen atoms in total. The van der Waals surface area contributed by atoms with Crippen LogP contribution in [-0.4, -0.2) is 66.3 Å². The van der Waals surface area contributed by atoms with Gasteiger partial charge >= 0.3 is 6.03 Å². The number of primary amides is 1. The number of likely N-dealkylation sites (tertiary alicyclic amines) is 1. The Morgan fingerprint density at radius 2 is 1.81 bits per heavy atom. The number of aliphatic hydroxyl groups is 1. The Hall–Kier alpha value is -1.48. The first-order valence-electron chi connectivity index (χ1n) is 9.67. The monoisotopic (exact) mass is 391 g/mol. The van der Waals surface area contributed by atoms with Crippen molar-refractivity contribution in [2.24, 2.45) is 17.6 Å². The molecule has 2 fully saturated rings. The summed E-state index contributed by atoms with van der Waals surface area (Å²) in [6.07, 6.45) is 1.28. The number of hydrogen-bond acceptors (Lipinski definition) is 4. The van der Waals surface area contributed by atoms with Crippen molar-refractivity contribution >= 4 is 11.9 Å². The van der Waals surface area contributed by atoms with E-state index in [0.717, 1.165) is 0 Å². The van der Waals surface area contributed by atoms with Gasteiger partial charge in [0.15, 0.2) is 0 Å². The molecule has 0 radical (unpaired) electrons. The molecular formula is C18H31F2N3O4. The lowest BCUT2D eigenvalue weighted by atomic mass is 9.87. The number of ether oxygens (including phenoxy) is 1. The second kappa shape index (κ2) is 9.64. The minimum atomic E-state index is -2.59. The van der Waals surface area contributed by atoms with Crippen LogP contribution in [0.1, 0.15) is 45.4 Å². The van der Waals surface area contributed by atoms with Crippen molar-refractivity contribution in [2.45, 2.75) is 63.5 Å². The first-order valence-corrected chi connectivity index (χ1v) is 9.67. The molecule has 1 aliphatic carbocycles. The number of amides is 3. The summed E-state index contributed by atoms with van der Waals surface area (Å²) in [7, 11) is 0. The van der Waals surface area contributed by atoms with Crippen LogP contribution in [0.15, 0.2) is 0 Å². The lowest BCUT2D eigenvalue weighted by Gasteiger charge is -2.35. The first-order chi connectivity index (χ1) is 12.7. The van der Waals surface area contributed by atoms with Crippen molar-refractivity contribution in [3.8, 4) is 0 Å². The van der Waals surface area contributed by atoms with Crippen LogP contribution in [0.5, 0.6) is 0 Å². The van der Waals surface area contributed by atoms with E-state index in [1.54, 1.807) is 11.8 Å². The molecule has 0 spiro atoms. The Kier molecular flexibility index (Phi) is 7.79. The molecule has 0 bridgehead atoms. The van der Waals surface area contributed by atoms with Gasteiger partial charge in [-0.15, -0.1) is 0 Å². The Balaban J connectivity index is 1.88. The van der Waals surface area contributed by atoms with Crippen molar-refractivity contribution < 1.29 is 28.2 Å². The minimum Gasteiger partial charge on any atom is -0.396 e. The van der Waals surface area contributed by atoms with Crippen LogP contribution >= 0.6 is 0 Å². The lowest BCUT2D eigenvalue weighted by molar-refractivity contribution is -0.139. The lowest BCUT2D eigenvalue weighted by Crippen LogP contribution is -2.57. The highest BCUT2D eigenvalue weighted by Crippen LogP contribution is 2.36. The van der Waals surface area contributed by atoms with Crippen LogP contribution in [-0.2, 0) is 9.53 Å². The molecule has 3 amide bonds. The van der Waals surface area contributed by atoms with Gasteiger partial charge in [-0.25, -0.2) is 13.6 Å². The largest absolute Gasteiger partial charge is 0.396 e. The molecule has 27 heavy (non-hydrogen) atoms. The zero-order valence-corrected chi connectivity index (χ0v) is 15.8. The quantitative estimate of drug-likeness (QED) is 0.611. The van der Waals surface area contributed by atoms with Gasteiger partial charge in [0.2, 0.25) is 11.8 Å². The third-order valence-electron chi connectivity index (χ3n) is 5.65. The number of carbonyl (C=O) groups excluding carboxylic acids is 2. The molecule has 4 N–H and O–H groups in total. The summed E-state index contributed by atoms with van der Waals surface area (Å²) in [5.41, 5.74) is 5.22. The fraction of sp³-hybridized carbons (Fsp3) is 0.889. The fourth-order valence-corrected chi connectivity index (χ4v) is 3.72. The Morgan fingerprint density at radius 3 is 2.33 bits per heavy atom. The SMILES string of the molecule is CC(OCC1CCC(F)(F)CC1)C(NC(N)=O)C(=O)N1CCC(CO)CC1.